The quantitative estimate of drug-likeness (QED) is 0.519. The summed E-state index contributed by atoms with van der Waals surface area (Å²) in [6, 6.07) is 10.4. The first-order valence-electron chi connectivity index (χ1n) is 7.80. The molecule has 1 nitrogen and oxygen atoms in total. The van der Waals surface area contributed by atoms with Gasteiger partial charge in [-0.3, -0.25) is 0 Å². The molecule has 1 rings (SSSR count). The number of rotatable bonds is 8. The molecule has 0 aliphatic carbocycles. The largest absolute Gasteiger partial charge is 0.392 e. The van der Waals surface area contributed by atoms with Crippen LogP contribution in [0.15, 0.2) is 42.1 Å². The van der Waals surface area contributed by atoms with Crippen molar-refractivity contribution in [1.82, 2.24) is 0 Å². The summed E-state index contributed by atoms with van der Waals surface area (Å²) in [6.45, 7) is 13.5. The molecular weight excluding hydrogens is 260 g/mol. The van der Waals surface area contributed by atoms with E-state index in [0.717, 1.165) is 12.8 Å². The molecule has 2 atom stereocenters. The summed E-state index contributed by atoms with van der Waals surface area (Å²) in [5.74, 6) is 0.0970. The molecule has 0 amide bonds. The van der Waals surface area contributed by atoms with Crippen LogP contribution >= 0.6 is 0 Å². The van der Waals surface area contributed by atoms with E-state index in [-0.39, 0.29) is 12.0 Å². The summed E-state index contributed by atoms with van der Waals surface area (Å²) in [5, 5.41) is 11.9. The van der Waals surface area contributed by atoms with Gasteiger partial charge in [-0.25, -0.2) is 0 Å². The molecule has 1 aromatic rings. The molecule has 2 unspecified atom stereocenters. The van der Waals surface area contributed by atoms with E-state index < -0.39 is 8.07 Å². The highest BCUT2D eigenvalue weighted by atomic mass is 28.3. The predicted octanol–water partition coefficient (Wildman–Crippen LogP) is 5.15. The number of hydrogen-bond acceptors (Lipinski definition) is 1. The molecule has 0 radical (unpaired) electrons. The molecule has 2 heteroatoms. The van der Waals surface area contributed by atoms with E-state index >= 15 is 0 Å². The van der Waals surface area contributed by atoms with Gasteiger partial charge in [0.25, 0.3) is 0 Å². The van der Waals surface area contributed by atoms with Crippen LogP contribution in [0.5, 0.6) is 0 Å². The molecule has 1 N–H and O–H groups in total. The Labute approximate surface area is 125 Å². The summed E-state index contributed by atoms with van der Waals surface area (Å²) < 4.78 is 0. The lowest BCUT2D eigenvalue weighted by molar-refractivity contribution is 0.144. The van der Waals surface area contributed by atoms with Gasteiger partial charge in [0.15, 0.2) is 0 Å². The van der Waals surface area contributed by atoms with Crippen LogP contribution < -0.4 is 0 Å². The fourth-order valence-electron chi connectivity index (χ4n) is 2.55. The monoisotopic (exact) mass is 290 g/mol. The topological polar surface area (TPSA) is 20.2 Å². The Balaban J connectivity index is 2.93. The molecule has 112 valence electrons. The first-order chi connectivity index (χ1) is 9.38. The van der Waals surface area contributed by atoms with Crippen LogP contribution in [-0.4, -0.2) is 19.3 Å². The van der Waals surface area contributed by atoms with E-state index in [2.05, 4.69) is 57.4 Å². The van der Waals surface area contributed by atoms with Gasteiger partial charge in [0.2, 0.25) is 0 Å². The van der Waals surface area contributed by atoms with Crippen molar-refractivity contribution in [2.45, 2.75) is 64.3 Å². The van der Waals surface area contributed by atoms with Gasteiger partial charge in [0.05, 0.1) is 14.2 Å². The molecule has 0 aliphatic rings. The summed E-state index contributed by atoms with van der Waals surface area (Å²) in [5.41, 5.74) is 1.21. The average Bonchev–Trinajstić information content (AvgIpc) is 2.39. The van der Waals surface area contributed by atoms with Gasteiger partial charge in [-0.2, -0.15) is 0 Å². The first kappa shape index (κ1) is 17.2. The second kappa shape index (κ2) is 7.80. The van der Waals surface area contributed by atoms with Crippen molar-refractivity contribution in [3.8, 4) is 0 Å². The normalized spacial score (nSPS) is 14.8. The Morgan fingerprint density at radius 2 is 1.75 bits per heavy atom. The highest BCUT2D eigenvalue weighted by Crippen LogP contribution is 2.34. The Morgan fingerprint density at radius 1 is 1.15 bits per heavy atom. The first-order valence-corrected chi connectivity index (χ1v) is 11.3. The Hall–Kier alpha value is -0.863. The van der Waals surface area contributed by atoms with Crippen molar-refractivity contribution < 1.29 is 5.11 Å². The second-order valence-electron chi connectivity index (χ2n) is 6.73. The molecule has 0 bridgehead atoms. The van der Waals surface area contributed by atoms with Gasteiger partial charge in [-0.1, -0.05) is 81.4 Å². The molecule has 0 saturated carbocycles. The zero-order chi connectivity index (χ0) is 15.2. The Morgan fingerprint density at radius 3 is 2.25 bits per heavy atom. The number of benzene rings is 1. The smallest absolute Gasteiger partial charge is 0.0726 e. The molecule has 0 spiro atoms. The molecule has 0 aromatic heterocycles. The van der Waals surface area contributed by atoms with Crippen LogP contribution in [0.25, 0.3) is 0 Å². The summed E-state index contributed by atoms with van der Waals surface area (Å²) in [7, 11) is -1.47. The van der Waals surface area contributed by atoms with Gasteiger partial charge < -0.3 is 5.11 Å². The van der Waals surface area contributed by atoms with Crippen LogP contribution in [0.4, 0.5) is 0 Å². The Bertz CT molecular complexity index is 405. The molecule has 1 aromatic carbocycles. The van der Waals surface area contributed by atoms with E-state index in [1.54, 1.807) is 0 Å². The maximum Gasteiger partial charge on any atom is 0.0726 e. The van der Waals surface area contributed by atoms with Crippen LogP contribution in [0.1, 0.15) is 44.1 Å². The number of unbranched alkanes of at least 4 members (excludes halogenated alkanes) is 2. The van der Waals surface area contributed by atoms with Crippen LogP contribution in [0, 0.1) is 0 Å². The van der Waals surface area contributed by atoms with Crippen molar-refractivity contribution in [1.29, 1.82) is 0 Å². The van der Waals surface area contributed by atoms with Crippen molar-refractivity contribution in [3.63, 3.8) is 0 Å². The zero-order valence-electron chi connectivity index (χ0n) is 13.5. The standard InChI is InChI=1S/C18H30OSi/c1-6-7-9-14-17(19)18(15(2)20(3,4)5)16-12-10-8-11-13-16/h8,10-13,17-19H,2,6-7,9,14H2,1,3-5H3. The molecule has 0 fully saturated rings. The molecular formula is C18H30OSi. The summed E-state index contributed by atoms with van der Waals surface area (Å²) in [6.07, 6.45) is 4.05. The lowest BCUT2D eigenvalue weighted by Crippen LogP contribution is -2.33. The van der Waals surface area contributed by atoms with Crippen LogP contribution in [0.2, 0.25) is 19.6 Å². The molecule has 0 saturated heterocycles. The van der Waals surface area contributed by atoms with E-state index in [1.165, 1.54) is 23.6 Å². The molecule has 0 aliphatic heterocycles. The van der Waals surface area contributed by atoms with Crippen molar-refractivity contribution in [2.24, 2.45) is 0 Å². The number of aliphatic hydroxyl groups excluding tert-OH is 1. The van der Waals surface area contributed by atoms with E-state index in [0.29, 0.717) is 0 Å². The minimum absolute atomic E-state index is 0.0970. The van der Waals surface area contributed by atoms with Gasteiger partial charge >= 0.3 is 0 Å². The average molecular weight is 291 g/mol. The minimum atomic E-state index is -1.47. The van der Waals surface area contributed by atoms with Gasteiger partial charge in [0.1, 0.15) is 0 Å². The van der Waals surface area contributed by atoms with Crippen molar-refractivity contribution in [2.75, 3.05) is 0 Å². The molecule has 0 heterocycles. The number of hydrogen-bond donors (Lipinski definition) is 1. The van der Waals surface area contributed by atoms with Crippen LogP contribution in [-0.2, 0) is 0 Å². The maximum absolute atomic E-state index is 10.7. The Kier molecular flexibility index (Phi) is 6.70. The lowest BCUT2D eigenvalue weighted by atomic mass is 9.90. The van der Waals surface area contributed by atoms with Gasteiger partial charge in [-0.05, 0) is 12.0 Å². The van der Waals surface area contributed by atoms with E-state index in [9.17, 15) is 5.11 Å². The fourth-order valence-corrected chi connectivity index (χ4v) is 3.84. The molecule has 20 heavy (non-hydrogen) atoms. The van der Waals surface area contributed by atoms with E-state index in [4.69, 9.17) is 0 Å². The SMILES string of the molecule is C=C(C(c1ccccc1)C(O)CCCCC)[Si](C)(C)C. The van der Waals surface area contributed by atoms with Gasteiger partial charge in [0, 0.05) is 5.92 Å². The minimum Gasteiger partial charge on any atom is -0.392 e. The van der Waals surface area contributed by atoms with E-state index in [1.807, 2.05) is 6.07 Å². The lowest BCUT2D eigenvalue weighted by Gasteiger charge is -2.32. The summed E-state index contributed by atoms with van der Waals surface area (Å²) >= 11 is 0. The zero-order valence-corrected chi connectivity index (χ0v) is 14.5. The van der Waals surface area contributed by atoms with Crippen LogP contribution in [0.3, 0.4) is 0 Å². The summed E-state index contributed by atoms with van der Waals surface area (Å²) in [4.78, 5) is 0. The fraction of sp³-hybridized carbons (Fsp3) is 0.556. The highest BCUT2D eigenvalue weighted by Gasteiger charge is 2.31. The van der Waals surface area contributed by atoms with Gasteiger partial charge in [-0.15, -0.1) is 6.58 Å². The third-order valence-corrected chi connectivity index (χ3v) is 6.22. The maximum atomic E-state index is 10.7. The van der Waals surface area contributed by atoms with Crippen molar-refractivity contribution >= 4 is 8.07 Å². The number of aliphatic hydroxyl groups is 1. The highest BCUT2D eigenvalue weighted by molar-refractivity contribution is 6.83. The third kappa shape index (κ3) is 4.91. The predicted molar refractivity (Wildman–Crippen MR) is 91.8 cm³/mol. The second-order valence-corrected chi connectivity index (χ2v) is 11.9. The van der Waals surface area contributed by atoms with Crippen molar-refractivity contribution in [3.05, 3.63) is 47.7 Å². The third-order valence-electron chi connectivity index (χ3n) is 3.99.